The van der Waals surface area contributed by atoms with Crippen molar-refractivity contribution in [3.63, 3.8) is 0 Å². The Labute approximate surface area is 104 Å². The molecule has 0 radical (unpaired) electrons. The van der Waals surface area contributed by atoms with Gasteiger partial charge < -0.3 is 9.55 Å². The van der Waals surface area contributed by atoms with Gasteiger partial charge in [0.15, 0.2) is 0 Å². The van der Waals surface area contributed by atoms with Crippen LogP contribution < -0.4 is 0 Å². The minimum atomic E-state index is 0. The molecule has 2 aromatic rings. The van der Waals surface area contributed by atoms with Crippen LogP contribution in [0.3, 0.4) is 0 Å². The van der Waals surface area contributed by atoms with Gasteiger partial charge in [-0.05, 0) is 12.7 Å². The zero-order chi connectivity index (χ0) is 11.4. The molecular weight excluding hydrogens is 220 g/mol. The van der Waals surface area contributed by atoms with E-state index >= 15 is 0 Å². The Kier molecular flexibility index (Phi) is 14.8. The van der Waals surface area contributed by atoms with Crippen LogP contribution in [0.2, 0.25) is 0 Å². The van der Waals surface area contributed by atoms with Crippen molar-refractivity contribution in [2.45, 2.75) is 27.8 Å². The fourth-order valence-electron chi connectivity index (χ4n) is 0.689. The summed E-state index contributed by atoms with van der Waals surface area (Å²) in [7, 11) is 0. The quantitative estimate of drug-likeness (QED) is 0.755. The molecule has 0 aliphatic heterocycles. The van der Waals surface area contributed by atoms with Gasteiger partial charge in [-0.2, -0.15) is 12.6 Å². The van der Waals surface area contributed by atoms with Gasteiger partial charge in [0.05, 0.1) is 12.7 Å². The second-order valence-electron chi connectivity index (χ2n) is 2.47. The lowest BCUT2D eigenvalue weighted by atomic mass is 10.7. The molecule has 2 aromatic heterocycles. The van der Waals surface area contributed by atoms with E-state index in [1.807, 2.05) is 17.7 Å². The first-order chi connectivity index (χ1) is 7.35. The highest BCUT2D eigenvalue weighted by Gasteiger charge is 1.77. The normalized spacial score (nSPS) is 7.69. The van der Waals surface area contributed by atoms with Crippen LogP contribution in [0.25, 0.3) is 0 Å². The maximum atomic E-state index is 3.86. The van der Waals surface area contributed by atoms with Gasteiger partial charge in [-0.25, -0.2) is 9.97 Å². The van der Waals surface area contributed by atoms with E-state index in [9.17, 15) is 0 Å². The number of imidazole rings is 2. The molecule has 2 heterocycles. The van der Waals surface area contributed by atoms with Crippen molar-refractivity contribution < 1.29 is 0 Å². The molecule has 0 saturated heterocycles. The third kappa shape index (κ3) is 10.8. The molecule has 0 amide bonds. The second-order valence-corrected chi connectivity index (χ2v) is 3.10. The maximum absolute atomic E-state index is 3.86. The van der Waals surface area contributed by atoms with Crippen LogP contribution in [0.5, 0.6) is 0 Å². The molecule has 0 spiro atoms. The van der Waals surface area contributed by atoms with Gasteiger partial charge in [0.1, 0.15) is 0 Å². The van der Waals surface area contributed by atoms with Crippen LogP contribution in [0.15, 0.2) is 37.4 Å². The van der Waals surface area contributed by atoms with Crippen molar-refractivity contribution in [2.75, 3.05) is 5.75 Å². The van der Waals surface area contributed by atoms with Gasteiger partial charge in [-0.3, -0.25) is 0 Å². The van der Waals surface area contributed by atoms with Crippen LogP contribution in [-0.4, -0.2) is 25.3 Å². The van der Waals surface area contributed by atoms with Crippen molar-refractivity contribution in [2.24, 2.45) is 0 Å². The van der Waals surface area contributed by atoms with Crippen LogP contribution >= 0.6 is 12.6 Å². The van der Waals surface area contributed by atoms with Crippen LogP contribution in [0, 0.1) is 0 Å². The van der Waals surface area contributed by atoms with Crippen molar-refractivity contribution in [1.82, 2.24) is 19.5 Å². The Morgan fingerprint density at radius 3 is 2.12 bits per heavy atom. The number of rotatable bonds is 1. The smallest absolute Gasteiger partial charge is 0.0945 e. The number of hydrogen-bond acceptors (Lipinski definition) is 3. The van der Waals surface area contributed by atoms with E-state index in [-0.39, 0.29) is 7.43 Å². The summed E-state index contributed by atoms with van der Waals surface area (Å²) in [6.45, 7) is 5.09. The minimum Gasteiger partial charge on any atom is -0.351 e. The summed E-state index contributed by atoms with van der Waals surface area (Å²) < 4.78 is 2.01. The summed E-state index contributed by atoms with van der Waals surface area (Å²) in [5, 5.41) is 0. The van der Waals surface area contributed by atoms with Crippen molar-refractivity contribution in [1.29, 1.82) is 0 Å². The van der Waals surface area contributed by atoms with E-state index in [1.165, 1.54) is 0 Å². The lowest BCUT2D eigenvalue weighted by Gasteiger charge is -1.87. The van der Waals surface area contributed by atoms with Crippen LogP contribution in [-0.2, 0) is 6.54 Å². The maximum Gasteiger partial charge on any atom is 0.0945 e. The number of nitrogens with one attached hydrogen (secondary N) is 1. The second kappa shape index (κ2) is 13.8. The fourth-order valence-corrected chi connectivity index (χ4v) is 0.689. The number of H-pyrrole nitrogens is 1. The fraction of sp³-hybridized carbons (Fsp3) is 0.455. The average molecular weight is 242 g/mol. The van der Waals surface area contributed by atoms with E-state index in [4.69, 9.17) is 0 Å². The molecular formula is C11H22N4S. The van der Waals surface area contributed by atoms with Gasteiger partial charge in [0.25, 0.3) is 0 Å². The summed E-state index contributed by atoms with van der Waals surface area (Å²) in [6, 6.07) is 0. The molecule has 0 unspecified atom stereocenters. The molecule has 0 aromatic carbocycles. The minimum absolute atomic E-state index is 0. The Bertz CT molecular complexity index is 262. The van der Waals surface area contributed by atoms with Crippen molar-refractivity contribution in [3.05, 3.63) is 37.4 Å². The monoisotopic (exact) mass is 242 g/mol. The molecule has 5 heteroatoms. The Morgan fingerprint density at radius 2 is 1.94 bits per heavy atom. The summed E-state index contributed by atoms with van der Waals surface area (Å²) in [5.74, 6) is 0.944. The molecule has 0 bridgehead atoms. The zero-order valence-corrected chi connectivity index (χ0v) is 10.1. The standard InChI is InChI=1S/C5H8N2.C3H4N2.C2H6S.CH4/c1-2-7-4-3-6-5-7;1-2-5-3-4-1;1-2-3;/h3-5H,2H2,1H3;1-3H,(H,4,5);3H,2H2,1H3;1H4. The highest BCUT2D eigenvalue weighted by Crippen LogP contribution is 1.81. The van der Waals surface area contributed by atoms with Crippen molar-refractivity contribution >= 4 is 12.6 Å². The first-order valence-electron chi connectivity index (χ1n) is 4.84. The third-order valence-corrected chi connectivity index (χ3v) is 1.33. The number of hydrogen-bond donors (Lipinski definition) is 2. The first-order valence-corrected chi connectivity index (χ1v) is 5.47. The van der Waals surface area contributed by atoms with E-state index in [1.54, 1.807) is 31.2 Å². The molecule has 1 N–H and O–H groups in total. The molecule has 0 atom stereocenters. The topological polar surface area (TPSA) is 46.5 Å². The number of aromatic amines is 1. The average Bonchev–Trinajstić information content (AvgIpc) is 2.96. The summed E-state index contributed by atoms with van der Waals surface area (Å²) >= 11 is 3.79. The Morgan fingerprint density at radius 1 is 1.25 bits per heavy atom. The van der Waals surface area contributed by atoms with Crippen molar-refractivity contribution in [3.8, 4) is 0 Å². The van der Waals surface area contributed by atoms with E-state index in [0.717, 1.165) is 12.3 Å². The van der Waals surface area contributed by atoms with Crippen LogP contribution in [0.4, 0.5) is 0 Å². The molecule has 0 aliphatic rings. The number of nitrogens with zero attached hydrogens (tertiary/aromatic N) is 3. The van der Waals surface area contributed by atoms with E-state index in [0.29, 0.717) is 0 Å². The zero-order valence-electron chi connectivity index (χ0n) is 9.17. The van der Waals surface area contributed by atoms with Crippen LogP contribution in [0.1, 0.15) is 21.3 Å². The highest BCUT2D eigenvalue weighted by atomic mass is 32.1. The molecule has 0 saturated carbocycles. The molecule has 92 valence electrons. The molecule has 4 nitrogen and oxygen atoms in total. The molecule has 0 aliphatic carbocycles. The molecule has 16 heavy (non-hydrogen) atoms. The largest absolute Gasteiger partial charge is 0.351 e. The number of thiol groups is 1. The predicted octanol–water partition coefficient (Wildman–Crippen LogP) is 2.88. The van der Waals surface area contributed by atoms with Gasteiger partial charge in [0, 0.05) is 31.3 Å². The molecule has 0 fully saturated rings. The third-order valence-electron chi connectivity index (χ3n) is 1.33. The summed E-state index contributed by atoms with van der Waals surface area (Å²) in [6.07, 6.45) is 10.6. The Hall–Kier alpha value is -1.23. The summed E-state index contributed by atoms with van der Waals surface area (Å²) in [4.78, 5) is 10.3. The van der Waals surface area contributed by atoms with Gasteiger partial charge >= 0.3 is 0 Å². The van der Waals surface area contributed by atoms with Gasteiger partial charge in [0.2, 0.25) is 0 Å². The molecule has 2 rings (SSSR count). The lowest BCUT2D eigenvalue weighted by molar-refractivity contribution is 0.761. The lowest BCUT2D eigenvalue weighted by Crippen LogP contribution is -1.85. The van der Waals surface area contributed by atoms with E-state index in [2.05, 4.69) is 34.5 Å². The highest BCUT2D eigenvalue weighted by molar-refractivity contribution is 7.80. The number of aryl methyl sites for hydroxylation is 1. The SMILES string of the molecule is C.CCS.CCn1ccnc1.c1c[nH]cn1. The summed E-state index contributed by atoms with van der Waals surface area (Å²) in [5.41, 5.74) is 0. The van der Waals surface area contributed by atoms with E-state index < -0.39 is 0 Å². The Balaban J connectivity index is 0. The number of aromatic nitrogens is 4. The van der Waals surface area contributed by atoms with Gasteiger partial charge in [-0.1, -0.05) is 14.4 Å². The predicted molar refractivity (Wildman–Crippen MR) is 72.7 cm³/mol. The first kappa shape index (κ1) is 17.2. The van der Waals surface area contributed by atoms with Gasteiger partial charge in [-0.15, -0.1) is 0 Å².